The number of hydrogen-bond donors (Lipinski definition) is 3. The highest BCUT2D eigenvalue weighted by Gasteiger charge is 2.36. The van der Waals surface area contributed by atoms with Crippen molar-refractivity contribution in [2.24, 2.45) is 5.73 Å². The number of ether oxygens (including phenoxy) is 1. The molecule has 1 saturated heterocycles. The quantitative estimate of drug-likeness (QED) is 0.577. The second kappa shape index (κ2) is 8.40. The normalized spacial score (nSPS) is 19.6. The van der Waals surface area contributed by atoms with Crippen molar-refractivity contribution in [3.05, 3.63) is 42.6 Å². The monoisotopic (exact) mass is 458 g/mol. The lowest BCUT2D eigenvalue weighted by Gasteiger charge is -2.36. The molecule has 10 nitrogen and oxygen atoms in total. The largest absolute Gasteiger partial charge is 0.404 e. The molecule has 2 aliphatic heterocycles. The Hall–Kier alpha value is -3.18. The van der Waals surface area contributed by atoms with Crippen LogP contribution in [-0.2, 0) is 19.4 Å². The Morgan fingerprint density at radius 2 is 1.94 bits per heavy atom. The number of sulfone groups is 1. The number of nitrogens with zero attached hydrogens (tertiary/aromatic N) is 3. The number of carbonyl (C=O) groups is 1. The zero-order valence-electron chi connectivity index (χ0n) is 18.0. The van der Waals surface area contributed by atoms with Crippen molar-refractivity contribution in [2.45, 2.75) is 24.3 Å². The fraction of sp³-hybridized carbons (Fsp3) is 0.381. The molecule has 170 valence electrons. The summed E-state index contributed by atoms with van der Waals surface area (Å²) in [5, 5.41) is 6.15. The van der Waals surface area contributed by atoms with Crippen LogP contribution >= 0.6 is 0 Å². The Labute approximate surface area is 186 Å². The average molecular weight is 459 g/mol. The molecule has 0 spiro atoms. The third-order valence-corrected chi connectivity index (χ3v) is 7.38. The maximum Gasteiger partial charge on any atom is 0.261 e. The Balaban J connectivity index is 1.77. The number of anilines is 3. The molecule has 11 heteroatoms. The standard InChI is InChI=1S/C21H26N6O4S/c1-21(2)13-32(29,30)18-11-17(27-6-8-31-9-7-27)15(10-16(18)26-21)25-20(28)14(12-22)19-23-4-3-5-24-19/h3-5,10-12,26H,6-9,13,22H2,1-2H3,(H,25,28)/b14-12+. The first-order chi connectivity index (χ1) is 15.2. The maximum absolute atomic E-state index is 13.1. The van der Waals surface area contributed by atoms with Crippen LogP contribution in [-0.4, -0.2) is 61.9 Å². The Morgan fingerprint density at radius 3 is 2.59 bits per heavy atom. The second-order valence-electron chi connectivity index (χ2n) is 8.34. The summed E-state index contributed by atoms with van der Waals surface area (Å²) >= 11 is 0. The molecule has 1 amide bonds. The lowest BCUT2D eigenvalue weighted by molar-refractivity contribution is -0.111. The molecule has 0 atom stereocenters. The summed E-state index contributed by atoms with van der Waals surface area (Å²) in [7, 11) is -3.50. The summed E-state index contributed by atoms with van der Waals surface area (Å²) in [5.41, 5.74) is 6.68. The molecule has 0 radical (unpaired) electrons. The number of morpholine rings is 1. The summed E-state index contributed by atoms with van der Waals surface area (Å²) in [4.78, 5) is 23.5. The summed E-state index contributed by atoms with van der Waals surface area (Å²) in [6.07, 6.45) is 4.20. The molecule has 32 heavy (non-hydrogen) atoms. The number of benzene rings is 1. The van der Waals surface area contributed by atoms with Gasteiger partial charge in [-0.25, -0.2) is 18.4 Å². The highest BCUT2D eigenvalue weighted by Crippen LogP contribution is 2.40. The molecule has 3 heterocycles. The van der Waals surface area contributed by atoms with Gasteiger partial charge in [0.1, 0.15) is 0 Å². The minimum absolute atomic E-state index is 0.0212. The first kappa shape index (κ1) is 22.0. The molecule has 2 aromatic rings. The lowest BCUT2D eigenvalue weighted by Crippen LogP contribution is -2.43. The van der Waals surface area contributed by atoms with Crippen LogP contribution in [0, 0.1) is 0 Å². The van der Waals surface area contributed by atoms with Crippen LogP contribution in [0.15, 0.2) is 41.7 Å². The first-order valence-corrected chi connectivity index (χ1v) is 11.9. The summed E-state index contributed by atoms with van der Waals surface area (Å²) in [6, 6.07) is 4.93. The first-order valence-electron chi connectivity index (χ1n) is 10.2. The number of amides is 1. The minimum atomic E-state index is -3.50. The van der Waals surface area contributed by atoms with Crippen molar-refractivity contribution in [3.63, 3.8) is 0 Å². The SMILES string of the molecule is CC1(C)CS(=O)(=O)c2cc(N3CCOCC3)c(NC(=O)/C(=C/N)c3ncccn3)cc2N1. The van der Waals surface area contributed by atoms with Gasteiger partial charge in [-0.3, -0.25) is 4.79 Å². The summed E-state index contributed by atoms with van der Waals surface area (Å²) in [5.74, 6) is -0.321. The molecular weight excluding hydrogens is 432 g/mol. The van der Waals surface area contributed by atoms with E-state index in [9.17, 15) is 13.2 Å². The van der Waals surface area contributed by atoms with Crippen LogP contribution < -0.4 is 21.3 Å². The molecule has 0 bridgehead atoms. The fourth-order valence-electron chi connectivity index (χ4n) is 3.92. The van der Waals surface area contributed by atoms with Crippen LogP contribution in [0.2, 0.25) is 0 Å². The van der Waals surface area contributed by atoms with Gasteiger partial charge in [-0.1, -0.05) is 0 Å². The van der Waals surface area contributed by atoms with Crippen LogP contribution in [0.4, 0.5) is 17.1 Å². The van der Waals surface area contributed by atoms with Gasteiger partial charge in [0.2, 0.25) is 0 Å². The van der Waals surface area contributed by atoms with E-state index in [0.717, 1.165) is 6.20 Å². The van der Waals surface area contributed by atoms with E-state index in [1.54, 1.807) is 18.2 Å². The van der Waals surface area contributed by atoms with E-state index in [1.807, 2.05) is 18.7 Å². The van der Waals surface area contributed by atoms with E-state index in [-0.39, 0.29) is 22.0 Å². The molecule has 0 unspecified atom stereocenters. The van der Waals surface area contributed by atoms with Gasteiger partial charge in [0, 0.05) is 37.2 Å². The van der Waals surface area contributed by atoms with Crippen molar-refractivity contribution in [2.75, 3.05) is 47.6 Å². The van der Waals surface area contributed by atoms with Crippen LogP contribution in [0.5, 0.6) is 0 Å². The summed E-state index contributed by atoms with van der Waals surface area (Å²) in [6.45, 7) is 5.81. The van der Waals surface area contributed by atoms with Gasteiger partial charge < -0.3 is 26.0 Å². The lowest BCUT2D eigenvalue weighted by atomic mass is 10.1. The van der Waals surface area contributed by atoms with Gasteiger partial charge in [0.15, 0.2) is 15.7 Å². The number of hydrogen-bond acceptors (Lipinski definition) is 9. The van der Waals surface area contributed by atoms with Crippen LogP contribution in [0.1, 0.15) is 19.7 Å². The molecule has 2 aliphatic rings. The van der Waals surface area contributed by atoms with Crippen molar-refractivity contribution >= 4 is 38.4 Å². The van der Waals surface area contributed by atoms with E-state index in [0.29, 0.717) is 43.4 Å². The predicted molar refractivity (Wildman–Crippen MR) is 122 cm³/mol. The fourth-order valence-corrected chi connectivity index (χ4v) is 5.84. The zero-order chi connectivity index (χ0) is 22.9. The predicted octanol–water partition coefficient (Wildman–Crippen LogP) is 1.23. The van der Waals surface area contributed by atoms with E-state index >= 15 is 0 Å². The van der Waals surface area contributed by atoms with Crippen LogP contribution in [0.3, 0.4) is 0 Å². The number of fused-ring (bicyclic) bond motifs is 1. The molecule has 4 rings (SSSR count). The molecular formula is C21H26N6O4S. The number of nitrogens with two attached hydrogens (primary N) is 1. The number of carbonyl (C=O) groups excluding carboxylic acids is 1. The van der Waals surface area contributed by atoms with Gasteiger partial charge in [-0.05, 0) is 32.0 Å². The van der Waals surface area contributed by atoms with Gasteiger partial charge in [0.05, 0.1) is 46.5 Å². The van der Waals surface area contributed by atoms with Gasteiger partial charge in [-0.15, -0.1) is 0 Å². The second-order valence-corrected chi connectivity index (χ2v) is 10.3. The van der Waals surface area contributed by atoms with Gasteiger partial charge in [-0.2, -0.15) is 0 Å². The smallest absolute Gasteiger partial charge is 0.261 e. The topological polar surface area (TPSA) is 140 Å². The molecule has 1 fully saturated rings. The molecule has 4 N–H and O–H groups in total. The zero-order valence-corrected chi connectivity index (χ0v) is 18.8. The average Bonchev–Trinajstić information content (AvgIpc) is 2.74. The number of nitrogens with one attached hydrogen (secondary N) is 2. The van der Waals surface area contributed by atoms with Crippen molar-refractivity contribution in [1.82, 2.24) is 9.97 Å². The Kier molecular flexibility index (Phi) is 5.78. The number of aromatic nitrogens is 2. The van der Waals surface area contributed by atoms with Crippen molar-refractivity contribution < 1.29 is 17.9 Å². The van der Waals surface area contributed by atoms with E-state index in [1.165, 1.54) is 12.4 Å². The highest BCUT2D eigenvalue weighted by atomic mass is 32.2. The van der Waals surface area contributed by atoms with E-state index in [2.05, 4.69) is 20.6 Å². The van der Waals surface area contributed by atoms with E-state index in [4.69, 9.17) is 10.5 Å². The third kappa shape index (κ3) is 4.39. The Morgan fingerprint density at radius 1 is 1.25 bits per heavy atom. The maximum atomic E-state index is 13.1. The number of rotatable bonds is 4. The van der Waals surface area contributed by atoms with Gasteiger partial charge >= 0.3 is 0 Å². The van der Waals surface area contributed by atoms with Crippen molar-refractivity contribution in [3.8, 4) is 0 Å². The van der Waals surface area contributed by atoms with Crippen LogP contribution in [0.25, 0.3) is 5.57 Å². The molecule has 1 aromatic carbocycles. The molecule has 0 aliphatic carbocycles. The van der Waals surface area contributed by atoms with E-state index < -0.39 is 21.3 Å². The summed E-state index contributed by atoms with van der Waals surface area (Å²) < 4.78 is 31.4. The highest BCUT2D eigenvalue weighted by molar-refractivity contribution is 7.91. The molecule has 1 aromatic heterocycles. The van der Waals surface area contributed by atoms with Gasteiger partial charge in [0.25, 0.3) is 5.91 Å². The third-order valence-electron chi connectivity index (χ3n) is 5.27. The Bertz CT molecular complexity index is 1160. The minimum Gasteiger partial charge on any atom is -0.404 e. The van der Waals surface area contributed by atoms with Crippen molar-refractivity contribution in [1.29, 1.82) is 0 Å². The molecule has 0 saturated carbocycles.